The summed E-state index contributed by atoms with van der Waals surface area (Å²) in [5, 5.41) is 7.01. The summed E-state index contributed by atoms with van der Waals surface area (Å²) in [6, 6.07) is 6.91. The molecule has 1 aromatic heterocycles. The maximum Gasteiger partial charge on any atom is 0.288 e. The Morgan fingerprint density at radius 2 is 2.00 bits per heavy atom. The second kappa shape index (κ2) is 7.79. The summed E-state index contributed by atoms with van der Waals surface area (Å²) in [6.07, 6.45) is 9.06. The first kappa shape index (κ1) is 17.0. The number of nitrogens with one attached hydrogen (secondary N) is 1. The molecular formula is C17H19F2N3OS. The standard InChI is InChI=1S/C17H19F2N3OS/c18-17(19)24-15-9-5-4-8-14(15)21-16(23)12-10-20-22(11-12)13-6-2-1-3-7-13/h4-5,8-11,13,17H,1-3,6-7H2,(H,21,23). The smallest absolute Gasteiger partial charge is 0.288 e. The van der Waals surface area contributed by atoms with Gasteiger partial charge in [-0.05, 0) is 25.0 Å². The third-order valence-electron chi connectivity index (χ3n) is 4.16. The zero-order valence-corrected chi connectivity index (χ0v) is 13.9. The number of anilines is 1. The van der Waals surface area contributed by atoms with Crippen LogP contribution >= 0.6 is 11.8 Å². The number of benzene rings is 1. The Bertz CT molecular complexity index is 699. The largest absolute Gasteiger partial charge is 0.321 e. The van der Waals surface area contributed by atoms with Gasteiger partial charge in [0, 0.05) is 11.1 Å². The van der Waals surface area contributed by atoms with Crippen molar-refractivity contribution in [3.63, 3.8) is 0 Å². The fourth-order valence-corrected chi connectivity index (χ4v) is 3.56. The molecule has 1 heterocycles. The second-order valence-electron chi connectivity index (χ2n) is 5.83. The lowest BCUT2D eigenvalue weighted by molar-refractivity contribution is 0.102. The van der Waals surface area contributed by atoms with Gasteiger partial charge in [-0.3, -0.25) is 9.48 Å². The van der Waals surface area contributed by atoms with Crippen molar-refractivity contribution in [1.29, 1.82) is 0 Å². The summed E-state index contributed by atoms with van der Waals surface area (Å²) in [5.41, 5.74) is 0.829. The van der Waals surface area contributed by atoms with Crippen molar-refractivity contribution in [2.75, 3.05) is 5.32 Å². The Labute approximate surface area is 143 Å². The van der Waals surface area contributed by atoms with Gasteiger partial charge in [0.2, 0.25) is 0 Å². The van der Waals surface area contributed by atoms with E-state index in [9.17, 15) is 13.6 Å². The molecule has 4 nitrogen and oxygen atoms in total. The van der Waals surface area contributed by atoms with E-state index in [-0.39, 0.29) is 5.91 Å². The van der Waals surface area contributed by atoms with Crippen molar-refractivity contribution < 1.29 is 13.6 Å². The molecule has 1 fully saturated rings. The number of carbonyl (C=O) groups is 1. The quantitative estimate of drug-likeness (QED) is 0.775. The van der Waals surface area contributed by atoms with E-state index in [4.69, 9.17) is 0 Å². The third-order valence-corrected chi connectivity index (χ3v) is 4.95. The summed E-state index contributed by atoms with van der Waals surface area (Å²) < 4.78 is 27.1. The van der Waals surface area contributed by atoms with Crippen LogP contribution in [0, 0.1) is 0 Å². The van der Waals surface area contributed by atoms with Crippen LogP contribution in [0.3, 0.4) is 0 Å². The minimum atomic E-state index is -2.53. The van der Waals surface area contributed by atoms with Crippen molar-refractivity contribution in [3.8, 4) is 0 Å². The number of aromatic nitrogens is 2. The van der Waals surface area contributed by atoms with Gasteiger partial charge >= 0.3 is 0 Å². The fraction of sp³-hybridized carbons (Fsp3) is 0.412. The monoisotopic (exact) mass is 351 g/mol. The molecule has 0 saturated heterocycles. The lowest BCUT2D eigenvalue weighted by Crippen LogP contribution is -2.14. The number of thioether (sulfide) groups is 1. The highest BCUT2D eigenvalue weighted by atomic mass is 32.2. The van der Waals surface area contributed by atoms with Crippen LogP contribution in [0.25, 0.3) is 0 Å². The molecule has 3 rings (SSSR count). The first-order chi connectivity index (χ1) is 11.6. The molecule has 1 saturated carbocycles. The van der Waals surface area contributed by atoms with Gasteiger partial charge in [0.1, 0.15) is 0 Å². The molecule has 0 spiro atoms. The highest BCUT2D eigenvalue weighted by molar-refractivity contribution is 7.99. The molecule has 0 atom stereocenters. The summed E-state index contributed by atoms with van der Waals surface area (Å²) in [4.78, 5) is 12.7. The Morgan fingerprint density at radius 3 is 2.75 bits per heavy atom. The number of carbonyl (C=O) groups excluding carboxylic acids is 1. The van der Waals surface area contributed by atoms with Gasteiger partial charge in [-0.1, -0.05) is 43.2 Å². The average Bonchev–Trinajstić information content (AvgIpc) is 3.07. The summed E-state index contributed by atoms with van der Waals surface area (Å²) in [5.74, 6) is -2.86. The molecule has 2 aromatic rings. The Hall–Kier alpha value is -1.89. The minimum Gasteiger partial charge on any atom is -0.321 e. The molecule has 7 heteroatoms. The number of hydrogen-bond donors (Lipinski definition) is 1. The van der Waals surface area contributed by atoms with Gasteiger partial charge in [-0.15, -0.1) is 0 Å². The predicted molar refractivity (Wildman–Crippen MR) is 90.6 cm³/mol. The highest BCUT2D eigenvalue weighted by Crippen LogP contribution is 2.32. The molecule has 0 radical (unpaired) electrons. The van der Waals surface area contributed by atoms with Gasteiger partial charge in [-0.2, -0.15) is 13.9 Å². The molecule has 1 aliphatic carbocycles. The van der Waals surface area contributed by atoms with Crippen molar-refractivity contribution in [1.82, 2.24) is 9.78 Å². The molecule has 0 aliphatic heterocycles. The van der Waals surface area contributed by atoms with Crippen LogP contribution in [0.2, 0.25) is 0 Å². The van der Waals surface area contributed by atoms with E-state index < -0.39 is 5.76 Å². The summed E-state index contributed by atoms with van der Waals surface area (Å²) in [6.45, 7) is 0. The number of hydrogen-bond acceptors (Lipinski definition) is 3. The number of rotatable bonds is 5. The minimum absolute atomic E-state index is 0.334. The van der Waals surface area contributed by atoms with Crippen LogP contribution in [-0.2, 0) is 0 Å². The number of amides is 1. The lowest BCUT2D eigenvalue weighted by Gasteiger charge is -2.21. The van der Waals surface area contributed by atoms with Crippen molar-refractivity contribution >= 4 is 23.4 Å². The van der Waals surface area contributed by atoms with Crippen molar-refractivity contribution in [3.05, 3.63) is 42.2 Å². The van der Waals surface area contributed by atoms with E-state index in [0.29, 0.717) is 34.0 Å². The molecule has 1 N–H and O–H groups in total. The Balaban J connectivity index is 1.70. The number of halogens is 2. The van der Waals surface area contributed by atoms with E-state index in [1.165, 1.54) is 25.5 Å². The van der Waals surface area contributed by atoms with Crippen LogP contribution in [0.15, 0.2) is 41.6 Å². The Kier molecular flexibility index (Phi) is 5.50. The number of alkyl halides is 2. The molecule has 1 amide bonds. The average molecular weight is 351 g/mol. The topological polar surface area (TPSA) is 46.9 Å². The summed E-state index contributed by atoms with van der Waals surface area (Å²) in [7, 11) is 0. The van der Waals surface area contributed by atoms with E-state index >= 15 is 0 Å². The van der Waals surface area contributed by atoms with E-state index in [1.807, 2.05) is 4.68 Å². The van der Waals surface area contributed by atoms with Gasteiger partial charge in [0.25, 0.3) is 11.7 Å². The molecule has 24 heavy (non-hydrogen) atoms. The van der Waals surface area contributed by atoms with Crippen molar-refractivity contribution in [2.24, 2.45) is 0 Å². The zero-order chi connectivity index (χ0) is 16.9. The summed E-state index contributed by atoms with van der Waals surface area (Å²) >= 11 is 0.421. The third kappa shape index (κ3) is 4.14. The van der Waals surface area contributed by atoms with Crippen LogP contribution in [0.4, 0.5) is 14.5 Å². The van der Waals surface area contributed by atoms with Gasteiger partial charge < -0.3 is 5.32 Å². The maximum absolute atomic E-state index is 12.6. The van der Waals surface area contributed by atoms with Gasteiger partial charge in [-0.25, -0.2) is 0 Å². The first-order valence-electron chi connectivity index (χ1n) is 8.03. The molecule has 0 unspecified atom stereocenters. The first-order valence-corrected chi connectivity index (χ1v) is 8.91. The fourth-order valence-electron chi connectivity index (χ4n) is 2.96. The van der Waals surface area contributed by atoms with Gasteiger partial charge in [0.15, 0.2) is 0 Å². The molecule has 0 bridgehead atoms. The number of para-hydroxylation sites is 1. The second-order valence-corrected chi connectivity index (χ2v) is 6.86. The van der Waals surface area contributed by atoms with Crippen molar-refractivity contribution in [2.45, 2.75) is 48.8 Å². The van der Waals surface area contributed by atoms with Gasteiger partial charge in [0.05, 0.1) is 23.5 Å². The maximum atomic E-state index is 12.6. The SMILES string of the molecule is O=C(Nc1ccccc1SC(F)F)c1cnn(C2CCCCC2)c1. The van der Waals surface area contributed by atoms with Crippen LogP contribution in [-0.4, -0.2) is 21.4 Å². The molecule has 1 aliphatic rings. The van der Waals surface area contributed by atoms with Crippen LogP contribution in [0.1, 0.15) is 48.5 Å². The molecular weight excluding hydrogens is 332 g/mol. The lowest BCUT2D eigenvalue weighted by atomic mass is 9.96. The van der Waals surface area contributed by atoms with E-state index in [0.717, 1.165) is 12.8 Å². The number of nitrogens with zero attached hydrogens (tertiary/aromatic N) is 2. The zero-order valence-electron chi connectivity index (χ0n) is 13.1. The normalized spacial score (nSPS) is 15.6. The van der Waals surface area contributed by atoms with E-state index in [2.05, 4.69) is 10.4 Å². The Morgan fingerprint density at radius 1 is 1.25 bits per heavy atom. The molecule has 1 aromatic carbocycles. The van der Waals surface area contributed by atoms with Crippen LogP contribution < -0.4 is 5.32 Å². The van der Waals surface area contributed by atoms with E-state index in [1.54, 1.807) is 30.5 Å². The highest BCUT2D eigenvalue weighted by Gasteiger charge is 2.18. The molecule has 128 valence electrons. The predicted octanol–water partition coefficient (Wildman–Crippen LogP) is 4.96. The van der Waals surface area contributed by atoms with Crippen LogP contribution in [0.5, 0.6) is 0 Å².